The van der Waals surface area contributed by atoms with Crippen LogP contribution in [0.1, 0.15) is 25.3 Å². The van der Waals surface area contributed by atoms with Crippen molar-refractivity contribution in [3.63, 3.8) is 0 Å². The van der Waals surface area contributed by atoms with E-state index in [1.807, 2.05) is 12.1 Å². The van der Waals surface area contributed by atoms with Crippen LogP contribution in [0.5, 0.6) is 5.75 Å². The van der Waals surface area contributed by atoms with E-state index in [4.69, 9.17) is 21.1 Å². The van der Waals surface area contributed by atoms with Gasteiger partial charge >= 0.3 is 0 Å². The van der Waals surface area contributed by atoms with Gasteiger partial charge in [-0.25, -0.2) is 0 Å². The minimum atomic E-state index is 0.524. The molecule has 0 aliphatic rings. The smallest absolute Gasteiger partial charge is 0.119 e. The van der Waals surface area contributed by atoms with Gasteiger partial charge in [0, 0.05) is 5.88 Å². The van der Waals surface area contributed by atoms with Crippen molar-refractivity contribution in [3.8, 4) is 5.75 Å². The fourth-order valence-corrected chi connectivity index (χ4v) is 1.45. The first-order valence-electron chi connectivity index (χ1n) is 5.60. The predicted molar refractivity (Wildman–Crippen MR) is 67.6 cm³/mol. The highest BCUT2D eigenvalue weighted by Gasteiger charge is 2.00. The Morgan fingerprint density at radius 1 is 1.19 bits per heavy atom. The molecule has 16 heavy (non-hydrogen) atoms. The van der Waals surface area contributed by atoms with E-state index >= 15 is 0 Å². The summed E-state index contributed by atoms with van der Waals surface area (Å²) in [6.45, 7) is 6.07. The Hall–Kier alpha value is -0.730. The van der Waals surface area contributed by atoms with Crippen LogP contribution in [0.15, 0.2) is 24.3 Å². The molecule has 0 aliphatic carbocycles. The largest absolute Gasteiger partial charge is 0.491 e. The Bertz CT molecular complexity index is 300. The van der Waals surface area contributed by atoms with Crippen LogP contribution in [-0.4, -0.2) is 25.7 Å². The van der Waals surface area contributed by atoms with Crippen LogP contribution in [0.2, 0.25) is 0 Å². The summed E-state index contributed by atoms with van der Waals surface area (Å²) in [5.41, 5.74) is 1.29. The van der Waals surface area contributed by atoms with Crippen molar-refractivity contribution in [1.82, 2.24) is 0 Å². The molecule has 0 bridgehead atoms. The Labute approximate surface area is 103 Å². The molecule has 0 aromatic heterocycles. The molecule has 1 aromatic rings. The Kier molecular flexibility index (Phi) is 6.27. The minimum absolute atomic E-state index is 0.524. The van der Waals surface area contributed by atoms with Crippen molar-refractivity contribution in [2.24, 2.45) is 0 Å². The van der Waals surface area contributed by atoms with Gasteiger partial charge in [-0.05, 0) is 23.6 Å². The predicted octanol–water partition coefficient (Wildman–Crippen LogP) is 3.44. The number of halogens is 1. The summed E-state index contributed by atoms with van der Waals surface area (Å²) in [4.78, 5) is 0. The van der Waals surface area contributed by atoms with Gasteiger partial charge in [-0.3, -0.25) is 0 Å². The van der Waals surface area contributed by atoms with Crippen LogP contribution < -0.4 is 4.74 Å². The van der Waals surface area contributed by atoms with Crippen LogP contribution in [-0.2, 0) is 4.74 Å². The lowest BCUT2D eigenvalue weighted by Gasteiger charge is -2.09. The van der Waals surface area contributed by atoms with Crippen molar-refractivity contribution >= 4 is 11.6 Å². The third-order valence-electron chi connectivity index (χ3n) is 2.24. The normalized spacial score (nSPS) is 10.8. The van der Waals surface area contributed by atoms with Crippen LogP contribution >= 0.6 is 11.6 Å². The van der Waals surface area contributed by atoms with E-state index in [0.717, 1.165) is 5.75 Å². The van der Waals surface area contributed by atoms with Crippen LogP contribution in [0.4, 0.5) is 0 Å². The van der Waals surface area contributed by atoms with E-state index in [1.165, 1.54) is 5.56 Å². The van der Waals surface area contributed by atoms with Gasteiger partial charge in [0.2, 0.25) is 0 Å². The summed E-state index contributed by atoms with van der Waals surface area (Å²) in [5, 5.41) is 0. The molecule has 0 fully saturated rings. The average molecular weight is 243 g/mol. The highest BCUT2D eigenvalue weighted by molar-refractivity contribution is 6.17. The van der Waals surface area contributed by atoms with Gasteiger partial charge in [-0.15, -0.1) is 11.6 Å². The maximum atomic E-state index is 5.58. The molecular formula is C13H19ClO2. The summed E-state index contributed by atoms with van der Waals surface area (Å²) in [6.07, 6.45) is 0. The number of hydrogen-bond donors (Lipinski definition) is 0. The Morgan fingerprint density at radius 2 is 2.00 bits per heavy atom. The molecule has 0 saturated heterocycles. The van der Waals surface area contributed by atoms with Crippen molar-refractivity contribution < 1.29 is 9.47 Å². The molecule has 1 aromatic carbocycles. The van der Waals surface area contributed by atoms with Gasteiger partial charge in [0.05, 0.1) is 13.2 Å². The van der Waals surface area contributed by atoms with Crippen molar-refractivity contribution in [2.75, 3.05) is 25.7 Å². The first kappa shape index (κ1) is 13.3. The number of benzene rings is 1. The van der Waals surface area contributed by atoms with Crippen LogP contribution in [0.25, 0.3) is 0 Å². The summed E-state index contributed by atoms with van der Waals surface area (Å²) < 4.78 is 10.8. The fourth-order valence-electron chi connectivity index (χ4n) is 1.34. The molecule has 0 heterocycles. The van der Waals surface area contributed by atoms with Crippen molar-refractivity contribution in [3.05, 3.63) is 29.8 Å². The average Bonchev–Trinajstić information content (AvgIpc) is 2.29. The second-order valence-corrected chi connectivity index (χ2v) is 4.25. The molecule has 0 atom stereocenters. The molecule has 3 heteroatoms. The van der Waals surface area contributed by atoms with Crippen molar-refractivity contribution in [2.45, 2.75) is 19.8 Å². The fraction of sp³-hybridized carbons (Fsp3) is 0.538. The second kappa shape index (κ2) is 7.53. The number of ether oxygens (including phenoxy) is 2. The van der Waals surface area contributed by atoms with E-state index in [2.05, 4.69) is 26.0 Å². The number of rotatable bonds is 7. The van der Waals surface area contributed by atoms with Gasteiger partial charge in [-0.2, -0.15) is 0 Å². The minimum Gasteiger partial charge on any atom is -0.491 e. The topological polar surface area (TPSA) is 18.5 Å². The van der Waals surface area contributed by atoms with Gasteiger partial charge < -0.3 is 9.47 Å². The molecule has 0 radical (unpaired) electrons. The highest BCUT2D eigenvalue weighted by atomic mass is 35.5. The molecule has 0 spiro atoms. The lowest BCUT2D eigenvalue weighted by Crippen LogP contribution is -2.08. The summed E-state index contributed by atoms with van der Waals surface area (Å²) >= 11 is 5.49. The van der Waals surface area contributed by atoms with E-state index < -0.39 is 0 Å². The molecule has 90 valence electrons. The molecule has 1 rings (SSSR count). The van der Waals surface area contributed by atoms with E-state index in [-0.39, 0.29) is 0 Å². The zero-order valence-corrected chi connectivity index (χ0v) is 10.7. The molecular weight excluding hydrogens is 224 g/mol. The van der Waals surface area contributed by atoms with Gasteiger partial charge in [-0.1, -0.05) is 26.0 Å². The third-order valence-corrected chi connectivity index (χ3v) is 2.40. The maximum Gasteiger partial charge on any atom is 0.119 e. The monoisotopic (exact) mass is 242 g/mol. The van der Waals surface area contributed by atoms with Gasteiger partial charge in [0.25, 0.3) is 0 Å². The summed E-state index contributed by atoms with van der Waals surface area (Å²) in [5.74, 6) is 1.96. The van der Waals surface area contributed by atoms with Crippen LogP contribution in [0, 0.1) is 0 Å². The highest BCUT2D eigenvalue weighted by Crippen LogP contribution is 2.19. The molecule has 2 nitrogen and oxygen atoms in total. The quantitative estimate of drug-likeness (QED) is 0.539. The number of hydrogen-bond acceptors (Lipinski definition) is 2. The van der Waals surface area contributed by atoms with Gasteiger partial charge in [0.15, 0.2) is 0 Å². The zero-order valence-electron chi connectivity index (χ0n) is 9.91. The standard InChI is InChI=1S/C13H19ClO2/c1-11(2)12-4-3-5-13(10-12)16-9-8-15-7-6-14/h3-5,10-11H,6-9H2,1-2H3. The lowest BCUT2D eigenvalue weighted by molar-refractivity contribution is 0.111. The lowest BCUT2D eigenvalue weighted by atomic mass is 10.0. The van der Waals surface area contributed by atoms with Crippen LogP contribution in [0.3, 0.4) is 0 Å². The Morgan fingerprint density at radius 3 is 2.69 bits per heavy atom. The van der Waals surface area contributed by atoms with E-state index in [9.17, 15) is 0 Å². The van der Waals surface area contributed by atoms with E-state index in [0.29, 0.717) is 31.6 Å². The maximum absolute atomic E-state index is 5.58. The molecule has 0 unspecified atom stereocenters. The summed E-state index contributed by atoms with van der Waals surface area (Å²) in [7, 11) is 0. The first-order chi connectivity index (χ1) is 7.74. The molecule has 0 aliphatic heterocycles. The summed E-state index contributed by atoms with van der Waals surface area (Å²) in [6, 6.07) is 8.17. The third kappa shape index (κ3) is 4.86. The molecule has 0 N–H and O–H groups in total. The zero-order chi connectivity index (χ0) is 11.8. The molecule has 0 amide bonds. The number of alkyl halides is 1. The van der Waals surface area contributed by atoms with E-state index in [1.54, 1.807) is 0 Å². The SMILES string of the molecule is CC(C)c1cccc(OCCOCCCl)c1. The first-order valence-corrected chi connectivity index (χ1v) is 6.14. The Balaban J connectivity index is 2.33. The van der Waals surface area contributed by atoms with Gasteiger partial charge in [0.1, 0.15) is 12.4 Å². The molecule has 0 saturated carbocycles. The van der Waals surface area contributed by atoms with Crippen molar-refractivity contribution in [1.29, 1.82) is 0 Å². The second-order valence-electron chi connectivity index (χ2n) is 3.88.